The Bertz CT molecular complexity index is 378. The van der Waals surface area contributed by atoms with Gasteiger partial charge in [0.25, 0.3) is 0 Å². The third-order valence-corrected chi connectivity index (χ3v) is 4.94. The molecule has 0 saturated heterocycles. The molecule has 0 saturated carbocycles. The Hall–Kier alpha value is -0.610. The number of amidine groups is 1. The molecule has 2 atom stereocenters. The molecule has 1 heterocycles. The summed E-state index contributed by atoms with van der Waals surface area (Å²) in [5.74, 6) is 0. The smallest absolute Gasteiger partial charge is 0.157 e. The number of hydrogen-bond donors (Lipinski definition) is 1. The summed E-state index contributed by atoms with van der Waals surface area (Å²) in [6, 6.07) is 10.6. The number of hydrogen-bond acceptors (Lipinski definition) is 4. The number of nitrogens with zero attached hydrogens (tertiary/aromatic N) is 1. The van der Waals surface area contributed by atoms with Crippen LogP contribution < -0.4 is 5.32 Å². The van der Waals surface area contributed by atoms with Crippen molar-refractivity contribution >= 4 is 28.7 Å². The van der Waals surface area contributed by atoms with E-state index in [0.717, 1.165) is 18.3 Å². The maximum absolute atomic E-state index is 4.56. The van der Waals surface area contributed by atoms with Crippen molar-refractivity contribution in [3.63, 3.8) is 0 Å². The van der Waals surface area contributed by atoms with Crippen molar-refractivity contribution in [2.24, 2.45) is 4.99 Å². The molecule has 1 aliphatic heterocycles. The Balaban J connectivity index is 1.83. The molecule has 2 rings (SSSR count). The van der Waals surface area contributed by atoms with Gasteiger partial charge in [0.05, 0.1) is 11.8 Å². The van der Waals surface area contributed by atoms with Crippen LogP contribution in [0.15, 0.2) is 35.3 Å². The van der Waals surface area contributed by atoms with E-state index in [4.69, 9.17) is 0 Å². The van der Waals surface area contributed by atoms with Crippen molar-refractivity contribution < 1.29 is 0 Å². The highest BCUT2D eigenvalue weighted by atomic mass is 32.2. The van der Waals surface area contributed by atoms with Crippen LogP contribution in [0.1, 0.15) is 17.7 Å². The van der Waals surface area contributed by atoms with Crippen molar-refractivity contribution in [3.05, 3.63) is 35.9 Å². The second-order valence-corrected chi connectivity index (χ2v) is 6.56. The molecule has 92 valence electrons. The van der Waals surface area contributed by atoms with E-state index in [1.165, 1.54) is 5.56 Å². The third kappa shape index (κ3) is 3.68. The predicted octanol–water partition coefficient (Wildman–Crippen LogP) is 3.17. The molecule has 2 unspecified atom stereocenters. The molecule has 0 spiro atoms. The van der Waals surface area contributed by atoms with Gasteiger partial charge in [-0.05, 0) is 11.8 Å². The summed E-state index contributed by atoms with van der Waals surface area (Å²) in [4.78, 5) is 4.56. The highest BCUT2D eigenvalue weighted by Crippen LogP contribution is 2.34. The Morgan fingerprint density at radius 3 is 2.94 bits per heavy atom. The van der Waals surface area contributed by atoms with Crippen molar-refractivity contribution in [1.29, 1.82) is 0 Å². The lowest BCUT2D eigenvalue weighted by molar-refractivity contribution is 0.861. The summed E-state index contributed by atoms with van der Waals surface area (Å²) >= 11 is 3.72. The molecule has 4 heteroatoms. The molecular formula is C13H18N2S2. The minimum Gasteiger partial charge on any atom is -0.364 e. The lowest BCUT2D eigenvalue weighted by Crippen LogP contribution is -2.26. The van der Waals surface area contributed by atoms with Gasteiger partial charge in [0.2, 0.25) is 0 Å². The Morgan fingerprint density at radius 1 is 1.47 bits per heavy atom. The van der Waals surface area contributed by atoms with Crippen LogP contribution in [0.2, 0.25) is 0 Å². The zero-order valence-corrected chi connectivity index (χ0v) is 11.9. The molecule has 0 aliphatic carbocycles. The van der Waals surface area contributed by atoms with Gasteiger partial charge in [0.1, 0.15) is 0 Å². The summed E-state index contributed by atoms with van der Waals surface area (Å²) in [6.45, 7) is 4.12. The lowest BCUT2D eigenvalue weighted by Gasteiger charge is -2.11. The van der Waals surface area contributed by atoms with Gasteiger partial charge in [0.15, 0.2) is 5.17 Å². The van der Waals surface area contributed by atoms with Gasteiger partial charge in [-0.25, -0.2) is 0 Å². The highest BCUT2D eigenvalue weighted by molar-refractivity contribution is 8.14. The van der Waals surface area contributed by atoms with Gasteiger partial charge in [-0.15, -0.1) is 0 Å². The van der Waals surface area contributed by atoms with E-state index in [-0.39, 0.29) is 0 Å². The maximum atomic E-state index is 4.56. The number of benzene rings is 1. The van der Waals surface area contributed by atoms with Gasteiger partial charge in [-0.2, -0.15) is 11.8 Å². The third-order valence-electron chi connectivity index (χ3n) is 2.77. The largest absolute Gasteiger partial charge is 0.364 e. The first-order valence-electron chi connectivity index (χ1n) is 5.82. The second-order valence-electron chi connectivity index (χ2n) is 4.09. The standard InChI is InChI=1S/C13H18N2S2/c1-10(16-2)8-14-13-15-9-12(17-13)11-6-4-3-5-7-11/h3-7,10,12H,8-9H2,1-2H3,(H,14,15). The molecule has 17 heavy (non-hydrogen) atoms. The van der Waals surface area contributed by atoms with E-state index < -0.39 is 0 Å². The molecule has 1 N–H and O–H groups in total. The number of aliphatic imine (C=N–C) groups is 1. The van der Waals surface area contributed by atoms with Gasteiger partial charge in [-0.3, -0.25) is 4.99 Å². The van der Waals surface area contributed by atoms with Gasteiger partial charge in [-0.1, -0.05) is 49.0 Å². The van der Waals surface area contributed by atoms with Crippen molar-refractivity contribution in [2.75, 3.05) is 19.3 Å². The molecule has 0 aromatic heterocycles. The second kappa shape index (κ2) is 6.36. The summed E-state index contributed by atoms with van der Waals surface area (Å²) in [5.41, 5.74) is 1.37. The minimum atomic E-state index is 0.489. The summed E-state index contributed by atoms with van der Waals surface area (Å²) in [7, 11) is 0. The molecular weight excluding hydrogens is 248 g/mol. The lowest BCUT2D eigenvalue weighted by atomic mass is 10.1. The molecule has 0 bridgehead atoms. The fourth-order valence-electron chi connectivity index (χ4n) is 1.63. The quantitative estimate of drug-likeness (QED) is 0.906. The average Bonchev–Trinajstić information content (AvgIpc) is 2.86. The Kier molecular flexibility index (Phi) is 4.80. The fourth-order valence-corrected chi connectivity index (χ4v) is 2.91. The van der Waals surface area contributed by atoms with E-state index in [1.807, 2.05) is 23.5 Å². The van der Waals surface area contributed by atoms with E-state index in [0.29, 0.717) is 10.5 Å². The van der Waals surface area contributed by atoms with Crippen molar-refractivity contribution in [2.45, 2.75) is 17.4 Å². The Morgan fingerprint density at radius 2 is 2.24 bits per heavy atom. The van der Waals surface area contributed by atoms with Gasteiger partial charge in [0, 0.05) is 11.8 Å². The maximum Gasteiger partial charge on any atom is 0.157 e. The van der Waals surface area contributed by atoms with Gasteiger partial charge < -0.3 is 5.32 Å². The predicted molar refractivity (Wildman–Crippen MR) is 80.1 cm³/mol. The van der Waals surface area contributed by atoms with Crippen LogP contribution in [0.25, 0.3) is 0 Å². The van der Waals surface area contributed by atoms with E-state index in [2.05, 4.69) is 53.8 Å². The molecule has 1 aliphatic rings. The molecule has 0 radical (unpaired) electrons. The molecule has 0 amide bonds. The van der Waals surface area contributed by atoms with Crippen LogP contribution in [-0.4, -0.2) is 29.8 Å². The van der Waals surface area contributed by atoms with E-state index in [9.17, 15) is 0 Å². The Labute approximate surface area is 112 Å². The number of nitrogens with one attached hydrogen (secondary N) is 1. The first-order chi connectivity index (χ1) is 8.29. The molecule has 0 fully saturated rings. The first-order valence-corrected chi connectivity index (χ1v) is 7.99. The topological polar surface area (TPSA) is 24.4 Å². The van der Waals surface area contributed by atoms with E-state index in [1.54, 1.807) is 0 Å². The normalized spacial score (nSPS) is 21.1. The van der Waals surface area contributed by atoms with Gasteiger partial charge >= 0.3 is 0 Å². The van der Waals surface area contributed by atoms with Crippen molar-refractivity contribution in [3.8, 4) is 0 Å². The van der Waals surface area contributed by atoms with Crippen LogP contribution in [0.5, 0.6) is 0 Å². The monoisotopic (exact) mass is 266 g/mol. The van der Waals surface area contributed by atoms with Crippen LogP contribution >= 0.6 is 23.5 Å². The first kappa shape index (κ1) is 12.8. The van der Waals surface area contributed by atoms with E-state index >= 15 is 0 Å². The average molecular weight is 266 g/mol. The number of thioether (sulfide) groups is 2. The van der Waals surface area contributed by atoms with Crippen LogP contribution in [0.4, 0.5) is 0 Å². The van der Waals surface area contributed by atoms with Crippen LogP contribution in [0, 0.1) is 0 Å². The van der Waals surface area contributed by atoms with Crippen LogP contribution in [0.3, 0.4) is 0 Å². The minimum absolute atomic E-state index is 0.489. The summed E-state index contributed by atoms with van der Waals surface area (Å²) in [6.07, 6.45) is 2.14. The zero-order valence-electron chi connectivity index (χ0n) is 10.2. The molecule has 1 aromatic carbocycles. The number of rotatable bonds is 4. The molecule has 1 aromatic rings. The fraction of sp³-hybridized carbons (Fsp3) is 0.462. The summed E-state index contributed by atoms with van der Waals surface area (Å²) < 4.78 is 0. The zero-order chi connectivity index (χ0) is 12.1. The van der Waals surface area contributed by atoms with Crippen molar-refractivity contribution in [1.82, 2.24) is 5.32 Å². The highest BCUT2D eigenvalue weighted by Gasteiger charge is 2.20. The SMILES string of the molecule is CSC(C)CNC1=NCC(c2ccccc2)S1. The van der Waals surface area contributed by atoms with Crippen LogP contribution in [-0.2, 0) is 0 Å². The molecule has 2 nitrogen and oxygen atoms in total. The summed E-state index contributed by atoms with van der Waals surface area (Å²) in [5, 5.41) is 5.64.